The summed E-state index contributed by atoms with van der Waals surface area (Å²) in [5.74, 6) is 1.70. The van der Waals surface area contributed by atoms with E-state index in [1.165, 1.54) is 0 Å². The first-order valence-electron chi connectivity index (χ1n) is 13.7. The number of hydrogen-bond acceptors (Lipinski definition) is 7. The topological polar surface area (TPSA) is 92.8 Å². The highest BCUT2D eigenvalue weighted by Gasteiger charge is 2.43. The van der Waals surface area contributed by atoms with E-state index in [-0.39, 0.29) is 18.1 Å². The summed E-state index contributed by atoms with van der Waals surface area (Å²) in [5, 5.41) is 11.4. The van der Waals surface area contributed by atoms with Gasteiger partial charge in [-0.2, -0.15) is 5.10 Å². The molecule has 6 rings (SSSR count). The number of amidine groups is 1. The van der Waals surface area contributed by atoms with Gasteiger partial charge in [0, 0.05) is 37.5 Å². The van der Waals surface area contributed by atoms with Gasteiger partial charge in [-0.15, -0.1) is 0 Å². The number of aromatic nitrogens is 4. The number of rotatable bonds is 9. The van der Waals surface area contributed by atoms with Crippen LogP contribution in [-0.2, 0) is 18.3 Å². The molecule has 0 bridgehead atoms. The Hall–Kier alpha value is -3.14. The molecule has 0 aromatic carbocycles. The van der Waals surface area contributed by atoms with Gasteiger partial charge in [0.05, 0.1) is 37.1 Å². The molecule has 198 valence electrons. The number of imidazole rings is 1. The van der Waals surface area contributed by atoms with Crippen molar-refractivity contribution in [3.05, 3.63) is 18.1 Å². The van der Waals surface area contributed by atoms with E-state index >= 15 is 0 Å². The number of hydrazone groups is 1. The van der Waals surface area contributed by atoms with Crippen LogP contribution in [0.5, 0.6) is 0 Å². The molecular weight excluding hydrogens is 468 g/mol. The molecule has 37 heavy (non-hydrogen) atoms. The molecule has 1 amide bonds. The van der Waals surface area contributed by atoms with Gasteiger partial charge < -0.3 is 24.1 Å². The summed E-state index contributed by atoms with van der Waals surface area (Å²) >= 11 is 0. The fourth-order valence-corrected chi connectivity index (χ4v) is 5.51. The maximum absolute atomic E-state index is 13.8. The van der Waals surface area contributed by atoms with Gasteiger partial charge in [-0.05, 0) is 59.4 Å². The summed E-state index contributed by atoms with van der Waals surface area (Å²) in [6.07, 6.45) is 7.30. The first kappa shape index (κ1) is 24.2. The van der Waals surface area contributed by atoms with Crippen LogP contribution < -0.4 is 5.32 Å². The maximum Gasteiger partial charge on any atom is 0.271 e. The Morgan fingerprint density at radius 1 is 1.24 bits per heavy atom. The highest BCUT2D eigenvalue weighted by atomic mass is 16.5. The Morgan fingerprint density at radius 2 is 1.97 bits per heavy atom. The van der Waals surface area contributed by atoms with Crippen molar-refractivity contribution in [3.8, 4) is 0 Å². The molecule has 3 aromatic rings. The standard InChI is InChI=1S/C27H38N8O2/c1-6-33-21(27(36)35(18-7-8-18)19-9-10-19)14-20-24-23(28-15-32(24)5)25(30-26(20)33)29-22-13-17(4)34(31-22)11-12-37-16(2)3/h14-19H,6-13H2,1-5H3,(H,29,30,31). The van der Waals surface area contributed by atoms with Gasteiger partial charge in [-0.3, -0.25) is 9.80 Å². The second-order valence-electron chi connectivity index (χ2n) is 11.0. The average Bonchev–Trinajstić information content (AvgIpc) is 3.77. The third-order valence-electron chi connectivity index (χ3n) is 7.63. The van der Waals surface area contributed by atoms with Gasteiger partial charge in [-0.1, -0.05) is 0 Å². The van der Waals surface area contributed by atoms with Crippen molar-refractivity contribution >= 4 is 39.6 Å². The third-order valence-corrected chi connectivity index (χ3v) is 7.63. The molecule has 10 nitrogen and oxygen atoms in total. The van der Waals surface area contributed by atoms with Crippen molar-refractivity contribution in [3.63, 3.8) is 0 Å². The van der Waals surface area contributed by atoms with Crippen LogP contribution in [-0.4, -0.2) is 78.1 Å². The van der Waals surface area contributed by atoms with Crippen molar-refractivity contribution in [2.24, 2.45) is 12.1 Å². The SMILES string of the molecule is CCn1c(C(=O)N(C2CC2)C2CC2)cc2c3c(ncn3C)c(NC3=NN(CCOC(C)C)C(C)C3)nc21. The Morgan fingerprint density at radius 3 is 2.62 bits per heavy atom. The van der Waals surface area contributed by atoms with Crippen molar-refractivity contribution in [1.82, 2.24) is 29.0 Å². The number of carbonyl (C=O) groups excluding carboxylic acids is 1. The molecule has 3 aliphatic rings. The zero-order valence-electron chi connectivity index (χ0n) is 22.6. The van der Waals surface area contributed by atoms with Crippen LogP contribution in [0.3, 0.4) is 0 Å². The fraction of sp³-hybridized carbons (Fsp3) is 0.630. The van der Waals surface area contributed by atoms with Gasteiger partial charge in [0.1, 0.15) is 22.7 Å². The molecule has 1 N–H and O–H groups in total. The number of nitrogens with one attached hydrogen (secondary N) is 1. The minimum Gasteiger partial charge on any atom is -0.377 e. The van der Waals surface area contributed by atoms with E-state index < -0.39 is 0 Å². The molecule has 0 spiro atoms. The lowest BCUT2D eigenvalue weighted by Gasteiger charge is -2.22. The van der Waals surface area contributed by atoms with E-state index in [0.717, 1.165) is 72.2 Å². The zero-order chi connectivity index (χ0) is 25.8. The van der Waals surface area contributed by atoms with E-state index in [1.807, 2.05) is 37.9 Å². The Labute approximate surface area is 217 Å². The molecule has 2 saturated carbocycles. The summed E-state index contributed by atoms with van der Waals surface area (Å²) in [4.78, 5) is 25.7. The molecule has 1 atom stereocenters. The van der Waals surface area contributed by atoms with Crippen molar-refractivity contribution in [2.75, 3.05) is 18.5 Å². The smallest absolute Gasteiger partial charge is 0.271 e. The molecule has 1 aliphatic heterocycles. The minimum absolute atomic E-state index is 0.142. The average molecular weight is 507 g/mol. The molecule has 3 aromatic heterocycles. The predicted octanol–water partition coefficient (Wildman–Crippen LogP) is 3.95. The highest BCUT2D eigenvalue weighted by molar-refractivity contribution is 6.12. The number of pyridine rings is 1. The number of nitrogens with zero attached hydrogens (tertiary/aromatic N) is 7. The number of amides is 1. The van der Waals surface area contributed by atoms with E-state index in [1.54, 1.807) is 0 Å². The van der Waals surface area contributed by atoms with Crippen LogP contribution >= 0.6 is 0 Å². The number of ether oxygens (including phenoxy) is 1. The largest absolute Gasteiger partial charge is 0.377 e. The monoisotopic (exact) mass is 506 g/mol. The Kier molecular flexibility index (Phi) is 6.09. The van der Waals surface area contributed by atoms with E-state index in [9.17, 15) is 4.79 Å². The van der Waals surface area contributed by atoms with E-state index in [2.05, 4.69) is 38.6 Å². The lowest BCUT2D eigenvalue weighted by molar-refractivity contribution is 0.0549. The van der Waals surface area contributed by atoms with Crippen LogP contribution in [0, 0.1) is 0 Å². The van der Waals surface area contributed by atoms with Gasteiger partial charge in [0.2, 0.25) is 0 Å². The van der Waals surface area contributed by atoms with Crippen LogP contribution in [0.4, 0.5) is 5.82 Å². The molecule has 1 unspecified atom stereocenters. The molecule has 2 fully saturated rings. The minimum atomic E-state index is 0.142. The lowest BCUT2D eigenvalue weighted by Crippen LogP contribution is -2.36. The van der Waals surface area contributed by atoms with E-state index in [0.29, 0.717) is 31.1 Å². The molecule has 0 radical (unpaired) electrons. The summed E-state index contributed by atoms with van der Waals surface area (Å²) in [6.45, 7) is 10.4. The first-order chi connectivity index (χ1) is 17.9. The second kappa shape index (κ2) is 9.31. The van der Waals surface area contributed by atoms with Crippen LogP contribution in [0.15, 0.2) is 17.5 Å². The molecule has 2 aliphatic carbocycles. The van der Waals surface area contributed by atoms with Crippen molar-refractivity contribution < 1.29 is 9.53 Å². The van der Waals surface area contributed by atoms with Crippen LogP contribution in [0.2, 0.25) is 0 Å². The highest BCUT2D eigenvalue weighted by Crippen LogP contribution is 2.39. The number of aryl methyl sites for hydroxylation is 2. The number of hydrogen-bond donors (Lipinski definition) is 1. The van der Waals surface area contributed by atoms with Crippen LogP contribution in [0.25, 0.3) is 22.1 Å². The van der Waals surface area contributed by atoms with Gasteiger partial charge in [-0.25, -0.2) is 9.97 Å². The number of carbonyl (C=O) groups is 1. The molecule has 0 saturated heterocycles. The normalized spacial score (nSPS) is 19.9. The van der Waals surface area contributed by atoms with Gasteiger partial charge >= 0.3 is 0 Å². The summed E-state index contributed by atoms with van der Waals surface area (Å²) in [5.41, 5.74) is 3.31. The maximum atomic E-state index is 13.8. The van der Waals surface area contributed by atoms with Crippen LogP contribution in [0.1, 0.15) is 70.3 Å². The first-order valence-corrected chi connectivity index (χ1v) is 13.7. The summed E-state index contributed by atoms with van der Waals surface area (Å²) in [7, 11) is 2.00. The molecular formula is C27H38N8O2. The van der Waals surface area contributed by atoms with Crippen molar-refractivity contribution in [1.29, 1.82) is 0 Å². The molecule has 10 heteroatoms. The van der Waals surface area contributed by atoms with Crippen molar-refractivity contribution in [2.45, 2.75) is 90.6 Å². The number of anilines is 1. The zero-order valence-corrected chi connectivity index (χ0v) is 22.6. The number of fused-ring (bicyclic) bond motifs is 3. The Balaban J connectivity index is 1.36. The van der Waals surface area contributed by atoms with Gasteiger partial charge in [0.15, 0.2) is 5.82 Å². The molecule has 4 heterocycles. The lowest BCUT2D eigenvalue weighted by atomic mass is 10.2. The summed E-state index contributed by atoms with van der Waals surface area (Å²) < 4.78 is 9.82. The summed E-state index contributed by atoms with van der Waals surface area (Å²) in [6, 6.07) is 3.12. The Bertz CT molecular complexity index is 1350. The fourth-order valence-electron chi connectivity index (χ4n) is 5.51. The quantitative estimate of drug-likeness (QED) is 0.472. The third kappa shape index (κ3) is 4.45. The van der Waals surface area contributed by atoms with E-state index in [4.69, 9.17) is 14.8 Å². The predicted molar refractivity (Wildman–Crippen MR) is 145 cm³/mol. The second-order valence-corrected chi connectivity index (χ2v) is 11.0. The van der Waals surface area contributed by atoms with Gasteiger partial charge in [0.25, 0.3) is 5.91 Å².